The van der Waals surface area contributed by atoms with Crippen molar-refractivity contribution in [2.75, 3.05) is 5.32 Å². The maximum Gasteiger partial charge on any atom is 0.238 e. The Kier molecular flexibility index (Phi) is 7.27. The smallest absolute Gasteiger partial charge is 0.238 e. The minimum Gasteiger partial charge on any atom is -0.393 e. The van der Waals surface area contributed by atoms with Crippen molar-refractivity contribution in [3.63, 3.8) is 0 Å². The number of halogens is 3. The van der Waals surface area contributed by atoms with Crippen molar-refractivity contribution in [2.24, 2.45) is 5.41 Å². The lowest BCUT2D eigenvalue weighted by Crippen LogP contribution is -2.49. The average molecular weight is 563 g/mol. The van der Waals surface area contributed by atoms with Crippen molar-refractivity contribution in [1.82, 2.24) is 10.6 Å². The van der Waals surface area contributed by atoms with Crippen LogP contribution in [0.3, 0.4) is 0 Å². The summed E-state index contributed by atoms with van der Waals surface area (Å²) < 4.78 is 15.0. The Morgan fingerprint density at radius 2 is 1.87 bits per heavy atom. The van der Waals surface area contributed by atoms with E-state index in [4.69, 9.17) is 23.2 Å². The molecule has 6 nitrogen and oxygen atoms in total. The van der Waals surface area contributed by atoms with E-state index in [9.17, 15) is 19.1 Å². The van der Waals surface area contributed by atoms with Gasteiger partial charge in [-0.15, -0.1) is 0 Å². The second-order valence-electron chi connectivity index (χ2n) is 12.1. The first-order valence-electron chi connectivity index (χ1n) is 13.2. The molecule has 2 fully saturated rings. The fourth-order valence-electron chi connectivity index (χ4n) is 6.65. The van der Waals surface area contributed by atoms with Crippen LogP contribution in [-0.2, 0) is 15.0 Å². The summed E-state index contributed by atoms with van der Waals surface area (Å²) in [6.07, 6.45) is 2.85. The van der Waals surface area contributed by atoms with Gasteiger partial charge in [0.15, 0.2) is 0 Å². The van der Waals surface area contributed by atoms with E-state index < -0.39 is 29.2 Å². The highest BCUT2D eigenvalue weighted by molar-refractivity contribution is 6.31. The molecule has 2 aromatic rings. The fourth-order valence-corrected chi connectivity index (χ4v) is 7.01. The van der Waals surface area contributed by atoms with Gasteiger partial charge in [-0.25, -0.2) is 4.39 Å². The Bertz CT molecular complexity index is 1260. The van der Waals surface area contributed by atoms with Crippen LogP contribution in [0.15, 0.2) is 36.4 Å². The second-order valence-corrected chi connectivity index (χ2v) is 13.0. The van der Waals surface area contributed by atoms with Crippen molar-refractivity contribution in [2.45, 2.75) is 88.4 Å². The van der Waals surface area contributed by atoms with Gasteiger partial charge in [0.1, 0.15) is 11.2 Å². The molecular formula is C29H34Cl2FN3O3. The first kappa shape index (κ1) is 27.4. The lowest BCUT2D eigenvalue weighted by Gasteiger charge is -2.37. The summed E-state index contributed by atoms with van der Waals surface area (Å²) in [6, 6.07) is 8.67. The summed E-state index contributed by atoms with van der Waals surface area (Å²) in [5.41, 5.74) is 0.189. The molecule has 4 N–H and O–H groups in total. The number of aliphatic hydroxyl groups excluding tert-OH is 1. The zero-order valence-corrected chi connectivity index (χ0v) is 23.3. The van der Waals surface area contributed by atoms with Crippen LogP contribution in [0.5, 0.6) is 0 Å². The van der Waals surface area contributed by atoms with Gasteiger partial charge in [0.05, 0.1) is 17.2 Å². The summed E-state index contributed by atoms with van der Waals surface area (Å²) in [6.45, 7) is 6.23. The number of rotatable bonds is 4. The minimum atomic E-state index is -1.27. The molecule has 0 unspecified atom stereocenters. The number of hydrogen-bond donors (Lipinski definition) is 4. The molecule has 204 valence electrons. The van der Waals surface area contributed by atoms with Crippen LogP contribution >= 0.6 is 23.2 Å². The number of nitrogens with one attached hydrogen (secondary N) is 3. The Balaban J connectivity index is 1.66. The number of benzene rings is 2. The van der Waals surface area contributed by atoms with Crippen LogP contribution in [-0.4, -0.2) is 41.2 Å². The first-order valence-corrected chi connectivity index (χ1v) is 14.0. The SMILES string of the molecule is CC(C)(C)C[C@@H]1N[C@@H](C(=O)NC2CCC(O)CC2)[C@H](c2cccc(Cl)c2)[C@]12C(=O)Nc1cc(Cl)c(F)cc12. The van der Waals surface area contributed by atoms with Crippen molar-refractivity contribution >= 4 is 40.7 Å². The van der Waals surface area contributed by atoms with Gasteiger partial charge >= 0.3 is 0 Å². The molecule has 5 rings (SSSR count). The normalized spacial score (nSPS) is 30.8. The van der Waals surface area contributed by atoms with Gasteiger partial charge in [0, 0.05) is 28.7 Å². The molecular weight excluding hydrogens is 528 g/mol. The van der Waals surface area contributed by atoms with E-state index in [1.807, 2.05) is 6.07 Å². The lowest BCUT2D eigenvalue weighted by atomic mass is 9.62. The van der Waals surface area contributed by atoms with Gasteiger partial charge in [0.25, 0.3) is 0 Å². The average Bonchev–Trinajstić information content (AvgIpc) is 3.30. The third-order valence-electron chi connectivity index (χ3n) is 8.23. The number of fused-ring (bicyclic) bond motifs is 2. The molecule has 9 heteroatoms. The summed E-state index contributed by atoms with van der Waals surface area (Å²) in [7, 11) is 0. The Hall–Kier alpha value is -2.19. The predicted octanol–water partition coefficient (Wildman–Crippen LogP) is 5.30. The molecule has 2 aliphatic heterocycles. The molecule has 3 aliphatic rings. The van der Waals surface area contributed by atoms with Gasteiger partial charge in [-0.05, 0) is 72.9 Å². The third kappa shape index (κ3) is 4.83. The van der Waals surface area contributed by atoms with E-state index in [1.165, 1.54) is 12.1 Å². The number of hydrogen-bond acceptors (Lipinski definition) is 4. The van der Waals surface area contributed by atoms with Crippen LogP contribution in [0.2, 0.25) is 10.0 Å². The van der Waals surface area contributed by atoms with E-state index in [0.717, 1.165) is 5.56 Å². The molecule has 0 aromatic heterocycles. The predicted molar refractivity (Wildman–Crippen MR) is 147 cm³/mol. The number of amides is 2. The number of anilines is 1. The largest absolute Gasteiger partial charge is 0.393 e. The highest BCUT2D eigenvalue weighted by Gasteiger charge is 2.66. The van der Waals surface area contributed by atoms with Crippen LogP contribution in [0, 0.1) is 11.2 Å². The number of carbonyl (C=O) groups excluding carboxylic acids is 2. The molecule has 38 heavy (non-hydrogen) atoms. The van der Waals surface area contributed by atoms with Crippen molar-refractivity contribution in [3.8, 4) is 0 Å². The van der Waals surface area contributed by atoms with E-state index in [0.29, 0.717) is 48.4 Å². The van der Waals surface area contributed by atoms with Gasteiger partial charge in [-0.2, -0.15) is 0 Å². The molecule has 1 saturated carbocycles. The Labute approximate surface area is 232 Å². The first-order chi connectivity index (χ1) is 17.9. The fraction of sp³-hybridized carbons (Fsp3) is 0.517. The third-order valence-corrected chi connectivity index (χ3v) is 8.76. The topological polar surface area (TPSA) is 90.5 Å². The second kappa shape index (κ2) is 10.1. The highest BCUT2D eigenvalue weighted by atomic mass is 35.5. The Morgan fingerprint density at radius 1 is 1.16 bits per heavy atom. The molecule has 0 bridgehead atoms. The molecule has 4 atom stereocenters. The van der Waals surface area contributed by atoms with Crippen LogP contribution in [0.25, 0.3) is 0 Å². The molecule has 2 heterocycles. The van der Waals surface area contributed by atoms with Crippen molar-refractivity contribution in [1.29, 1.82) is 0 Å². The summed E-state index contributed by atoms with van der Waals surface area (Å²) in [5.74, 6) is -1.79. The van der Waals surface area contributed by atoms with Gasteiger partial charge in [0.2, 0.25) is 11.8 Å². The quantitative estimate of drug-likeness (QED) is 0.407. The van der Waals surface area contributed by atoms with E-state index in [-0.39, 0.29) is 34.4 Å². The summed E-state index contributed by atoms with van der Waals surface area (Å²) >= 11 is 12.5. The van der Waals surface area contributed by atoms with E-state index in [1.54, 1.807) is 18.2 Å². The summed E-state index contributed by atoms with van der Waals surface area (Å²) in [5, 5.41) is 20.0. The molecule has 0 radical (unpaired) electrons. The number of aliphatic hydroxyl groups is 1. The lowest BCUT2D eigenvalue weighted by molar-refractivity contribution is -0.124. The van der Waals surface area contributed by atoms with Crippen molar-refractivity contribution in [3.05, 3.63) is 63.4 Å². The van der Waals surface area contributed by atoms with E-state index in [2.05, 4.69) is 36.7 Å². The Morgan fingerprint density at radius 3 is 2.53 bits per heavy atom. The highest BCUT2D eigenvalue weighted by Crippen LogP contribution is 2.57. The van der Waals surface area contributed by atoms with Crippen molar-refractivity contribution < 1.29 is 19.1 Å². The van der Waals surface area contributed by atoms with Gasteiger partial charge in [-0.1, -0.05) is 56.1 Å². The van der Waals surface area contributed by atoms with Crippen LogP contribution in [0.1, 0.15) is 69.9 Å². The van der Waals surface area contributed by atoms with Gasteiger partial charge in [-0.3, -0.25) is 9.59 Å². The zero-order chi connectivity index (χ0) is 27.4. The standard InChI is InChI=1S/C29H34Cl2FN3O3/c1-28(2,3)14-23-29(19-12-21(32)20(31)13-22(19)34-27(29)38)24(15-5-4-6-16(30)11-15)25(35-23)26(37)33-17-7-9-18(36)10-8-17/h4-6,11-13,17-18,23-25,35-36H,7-10,14H2,1-3H3,(H,33,37)(H,34,38)/t17?,18?,23-,24-,25+,29+/m0/s1. The molecule has 2 aromatic carbocycles. The molecule has 1 saturated heterocycles. The maximum absolute atomic E-state index is 15.0. The summed E-state index contributed by atoms with van der Waals surface area (Å²) in [4.78, 5) is 28.1. The van der Waals surface area contributed by atoms with Gasteiger partial charge < -0.3 is 21.1 Å². The zero-order valence-electron chi connectivity index (χ0n) is 21.8. The minimum absolute atomic E-state index is 0.0636. The maximum atomic E-state index is 15.0. The number of carbonyl (C=O) groups is 2. The molecule has 1 spiro atoms. The van der Waals surface area contributed by atoms with E-state index >= 15 is 0 Å². The monoisotopic (exact) mass is 561 g/mol. The molecule has 2 amide bonds. The van der Waals surface area contributed by atoms with Crippen LogP contribution in [0.4, 0.5) is 10.1 Å². The molecule has 1 aliphatic carbocycles. The van der Waals surface area contributed by atoms with Crippen LogP contribution < -0.4 is 16.0 Å².